The van der Waals surface area contributed by atoms with E-state index in [1.54, 1.807) is 13.8 Å². The monoisotopic (exact) mass is 509 g/mol. The molecule has 0 saturated carbocycles. The van der Waals surface area contributed by atoms with E-state index in [-0.39, 0.29) is 24.2 Å². The first-order chi connectivity index (χ1) is 16.9. The highest BCUT2D eigenvalue weighted by atomic mass is 16.7. The van der Waals surface area contributed by atoms with E-state index in [0.717, 1.165) is 25.7 Å². The van der Waals surface area contributed by atoms with E-state index < -0.39 is 11.1 Å². The van der Waals surface area contributed by atoms with E-state index in [2.05, 4.69) is 46.8 Å². The predicted octanol–water partition coefficient (Wildman–Crippen LogP) is 8.29. The van der Waals surface area contributed by atoms with Gasteiger partial charge in [0.2, 0.25) is 0 Å². The third kappa shape index (κ3) is 13.6. The number of aliphatic hydroxyl groups is 1. The number of piperidine rings is 1. The van der Waals surface area contributed by atoms with Gasteiger partial charge in [-0.05, 0) is 73.6 Å². The van der Waals surface area contributed by atoms with E-state index in [1.807, 2.05) is 5.06 Å². The molecule has 5 heteroatoms. The number of esters is 1. The van der Waals surface area contributed by atoms with E-state index in [1.165, 1.54) is 70.6 Å². The summed E-state index contributed by atoms with van der Waals surface area (Å²) in [7, 11) is 0. The summed E-state index contributed by atoms with van der Waals surface area (Å²) in [4.78, 5) is 18.6. The molecule has 0 aromatic rings. The third-order valence-electron chi connectivity index (χ3n) is 7.36. The van der Waals surface area contributed by atoms with Crippen LogP contribution < -0.4 is 0 Å². The van der Waals surface area contributed by atoms with Crippen LogP contribution in [0.2, 0.25) is 0 Å². The summed E-state index contributed by atoms with van der Waals surface area (Å²) in [6, 6.07) is 0. The van der Waals surface area contributed by atoms with Gasteiger partial charge >= 0.3 is 5.97 Å². The average molecular weight is 510 g/mol. The molecule has 0 amide bonds. The summed E-state index contributed by atoms with van der Waals surface area (Å²) in [6.45, 7) is 14.3. The summed E-state index contributed by atoms with van der Waals surface area (Å²) in [5, 5.41) is 12.1. The van der Waals surface area contributed by atoms with E-state index in [9.17, 15) is 9.90 Å². The highest BCUT2D eigenvalue weighted by Gasteiger charge is 2.50. The number of nitrogens with zero attached hydrogens (tertiary/aromatic N) is 1. The molecule has 0 aromatic heterocycles. The zero-order chi connectivity index (χ0) is 27.1. The maximum atomic E-state index is 12.6. The van der Waals surface area contributed by atoms with Crippen molar-refractivity contribution < 1.29 is 19.5 Å². The van der Waals surface area contributed by atoms with Crippen LogP contribution in [0.4, 0.5) is 0 Å². The second-order valence-electron chi connectivity index (χ2n) is 12.7. The third-order valence-corrected chi connectivity index (χ3v) is 7.36. The lowest BCUT2D eigenvalue weighted by molar-refractivity contribution is -0.316. The van der Waals surface area contributed by atoms with Crippen molar-refractivity contribution >= 4 is 5.97 Å². The van der Waals surface area contributed by atoms with Crippen LogP contribution in [-0.4, -0.2) is 45.5 Å². The number of carbonyl (C=O) groups excluding carboxylic acids is 1. The molecule has 1 heterocycles. The van der Waals surface area contributed by atoms with E-state index in [0.29, 0.717) is 6.42 Å². The minimum absolute atomic E-state index is 0.144. The standard InChI is InChI=1S/C31H59NO4/c1-8-9-10-11-12-13-14-15-16-17-18-19-20-21-22-23-28(33)36-27-24-25-29(2,3)32(31(27,6)7)35-26-30(4,5)34/h20-21,27,34H,8-19,22-26H2,1-7H3. The molecule has 1 saturated heterocycles. The van der Waals surface area contributed by atoms with Gasteiger partial charge in [0.25, 0.3) is 0 Å². The van der Waals surface area contributed by atoms with Gasteiger partial charge in [-0.25, -0.2) is 0 Å². The molecule has 36 heavy (non-hydrogen) atoms. The molecule has 212 valence electrons. The Morgan fingerprint density at radius 2 is 1.44 bits per heavy atom. The van der Waals surface area contributed by atoms with Gasteiger partial charge in [0.05, 0.1) is 17.7 Å². The summed E-state index contributed by atoms with van der Waals surface area (Å²) in [5.74, 6) is -0.144. The normalized spacial score (nSPS) is 20.2. The molecule has 5 nitrogen and oxygen atoms in total. The van der Waals surface area contributed by atoms with Crippen molar-refractivity contribution in [3.63, 3.8) is 0 Å². The molecule has 1 N–H and O–H groups in total. The van der Waals surface area contributed by atoms with Crippen LogP contribution in [0.25, 0.3) is 0 Å². The number of allylic oxidation sites excluding steroid dienone is 2. The summed E-state index contributed by atoms with van der Waals surface area (Å²) in [5.41, 5.74) is -1.60. The lowest BCUT2D eigenvalue weighted by atomic mass is 9.79. The topological polar surface area (TPSA) is 59.0 Å². The van der Waals surface area contributed by atoms with Gasteiger partial charge < -0.3 is 9.84 Å². The van der Waals surface area contributed by atoms with Gasteiger partial charge in [-0.1, -0.05) is 83.3 Å². The number of hydroxylamine groups is 2. The fourth-order valence-corrected chi connectivity index (χ4v) is 5.20. The van der Waals surface area contributed by atoms with Crippen LogP contribution >= 0.6 is 0 Å². The van der Waals surface area contributed by atoms with E-state index in [4.69, 9.17) is 9.57 Å². The van der Waals surface area contributed by atoms with Crippen LogP contribution in [0.1, 0.15) is 151 Å². The molecule has 0 aliphatic carbocycles. The first kappa shape index (κ1) is 33.1. The molecule has 1 unspecified atom stereocenters. The Morgan fingerprint density at radius 1 is 0.917 bits per heavy atom. The smallest absolute Gasteiger partial charge is 0.306 e. The lowest BCUT2D eigenvalue weighted by Crippen LogP contribution is -2.65. The maximum Gasteiger partial charge on any atom is 0.306 e. The van der Waals surface area contributed by atoms with Crippen molar-refractivity contribution in [1.82, 2.24) is 5.06 Å². The van der Waals surface area contributed by atoms with Crippen molar-refractivity contribution in [2.75, 3.05) is 6.61 Å². The quantitative estimate of drug-likeness (QED) is 0.108. The first-order valence-corrected chi connectivity index (χ1v) is 14.9. The maximum absolute atomic E-state index is 12.6. The van der Waals surface area contributed by atoms with Crippen LogP contribution in [0.3, 0.4) is 0 Å². The Morgan fingerprint density at radius 3 is 2.00 bits per heavy atom. The molecule has 1 aliphatic heterocycles. The fraction of sp³-hybridized carbons (Fsp3) is 0.903. The molecular weight excluding hydrogens is 450 g/mol. The minimum atomic E-state index is -0.921. The van der Waals surface area contributed by atoms with Gasteiger partial charge in [-0.15, -0.1) is 0 Å². The van der Waals surface area contributed by atoms with Crippen LogP contribution in [0.5, 0.6) is 0 Å². The van der Waals surface area contributed by atoms with Crippen molar-refractivity contribution in [3.05, 3.63) is 12.2 Å². The summed E-state index contributed by atoms with van der Waals surface area (Å²) in [6.07, 6.45) is 23.1. The Balaban J connectivity index is 2.22. The average Bonchev–Trinajstić information content (AvgIpc) is 2.77. The van der Waals surface area contributed by atoms with Gasteiger partial charge in [0.15, 0.2) is 0 Å². The van der Waals surface area contributed by atoms with Gasteiger partial charge in [-0.2, -0.15) is 5.06 Å². The van der Waals surface area contributed by atoms with Crippen LogP contribution in [-0.2, 0) is 14.4 Å². The predicted molar refractivity (Wildman–Crippen MR) is 151 cm³/mol. The number of carbonyl (C=O) groups is 1. The zero-order valence-corrected chi connectivity index (χ0v) is 24.9. The molecule has 0 bridgehead atoms. The molecule has 1 rings (SSSR count). The zero-order valence-electron chi connectivity index (χ0n) is 24.9. The molecule has 0 radical (unpaired) electrons. The number of rotatable bonds is 19. The second-order valence-corrected chi connectivity index (χ2v) is 12.7. The lowest BCUT2D eigenvalue weighted by Gasteiger charge is -2.54. The molecule has 0 aromatic carbocycles. The van der Waals surface area contributed by atoms with Gasteiger partial charge in [0.1, 0.15) is 6.10 Å². The Hall–Kier alpha value is -0.910. The molecule has 1 atom stereocenters. The Kier molecular flexibility index (Phi) is 15.5. The SMILES string of the molecule is CCCCCCCCCCCCCC=CCCC(=O)OC1CCC(C)(C)N(OCC(C)(C)O)C1(C)C. The Labute approximate surface area is 223 Å². The highest BCUT2D eigenvalue weighted by molar-refractivity contribution is 5.69. The second kappa shape index (κ2) is 16.8. The Bertz CT molecular complexity index is 621. The molecule has 0 spiro atoms. The number of ether oxygens (including phenoxy) is 1. The fourth-order valence-electron chi connectivity index (χ4n) is 5.20. The van der Waals surface area contributed by atoms with Crippen LogP contribution in [0.15, 0.2) is 12.2 Å². The molecule has 1 aliphatic rings. The van der Waals surface area contributed by atoms with Crippen molar-refractivity contribution in [2.45, 2.75) is 174 Å². The van der Waals surface area contributed by atoms with Crippen LogP contribution in [0, 0.1) is 0 Å². The number of hydrogen-bond acceptors (Lipinski definition) is 5. The molecule has 1 fully saturated rings. The van der Waals surface area contributed by atoms with Crippen molar-refractivity contribution in [1.29, 1.82) is 0 Å². The number of hydrogen-bond donors (Lipinski definition) is 1. The largest absolute Gasteiger partial charge is 0.460 e. The van der Waals surface area contributed by atoms with Gasteiger partial charge in [-0.3, -0.25) is 9.63 Å². The van der Waals surface area contributed by atoms with Crippen molar-refractivity contribution in [2.24, 2.45) is 0 Å². The number of unbranched alkanes of at least 4 members (excludes halogenated alkanes) is 11. The minimum Gasteiger partial charge on any atom is -0.460 e. The summed E-state index contributed by atoms with van der Waals surface area (Å²) >= 11 is 0. The van der Waals surface area contributed by atoms with Gasteiger partial charge in [0, 0.05) is 12.0 Å². The summed E-state index contributed by atoms with van der Waals surface area (Å²) < 4.78 is 5.92. The first-order valence-electron chi connectivity index (χ1n) is 14.9. The molecular formula is C31H59NO4. The highest BCUT2D eigenvalue weighted by Crippen LogP contribution is 2.40. The van der Waals surface area contributed by atoms with E-state index >= 15 is 0 Å². The van der Waals surface area contributed by atoms with Crippen molar-refractivity contribution in [3.8, 4) is 0 Å².